The van der Waals surface area contributed by atoms with Crippen LogP contribution in [-0.4, -0.2) is 18.5 Å². The standard InChI is InChI=1S/C13H14FNO3/c1-3-18-13(17)12(15-9(2)16)8-10-4-6-11(14)7-5-10/h4-8H,3H2,1-2H3,(H,15,16)/b12-8+. The molecule has 96 valence electrons. The molecule has 0 unspecified atom stereocenters. The van der Waals surface area contributed by atoms with Crippen LogP contribution in [0.1, 0.15) is 19.4 Å². The summed E-state index contributed by atoms with van der Waals surface area (Å²) in [6.45, 7) is 3.16. The maximum Gasteiger partial charge on any atom is 0.354 e. The first kappa shape index (κ1) is 13.9. The van der Waals surface area contributed by atoms with Crippen molar-refractivity contribution < 1.29 is 18.7 Å². The van der Waals surface area contributed by atoms with Gasteiger partial charge in [-0.05, 0) is 30.7 Å². The highest BCUT2D eigenvalue weighted by atomic mass is 19.1. The molecule has 1 N–H and O–H groups in total. The summed E-state index contributed by atoms with van der Waals surface area (Å²) in [4.78, 5) is 22.6. The summed E-state index contributed by atoms with van der Waals surface area (Å²) in [6, 6.07) is 5.53. The van der Waals surface area contributed by atoms with Crippen LogP contribution < -0.4 is 5.32 Å². The Balaban J connectivity index is 2.97. The van der Waals surface area contributed by atoms with Crippen molar-refractivity contribution >= 4 is 18.0 Å². The highest BCUT2D eigenvalue weighted by Gasteiger charge is 2.11. The van der Waals surface area contributed by atoms with E-state index in [1.807, 2.05) is 0 Å². The van der Waals surface area contributed by atoms with Crippen LogP contribution in [0, 0.1) is 5.82 Å². The zero-order valence-corrected chi connectivity index (χ0v) is 10.2. The van der Waals surface area contributed by atoms with Crippen molar-refractivity contribution in [2.75, 3.05) is 6.61 Å². The lowest BCUT2D eigenvalue weighted by Gasteiger charge is -2.07. The number of rotatable bonds is 4. The van der Waals surface area contributed by atoms with Crippen LogP contribution in [0.25, 0.3) is 6.08 Å². The van der Waals surface area contributed by atoms with Gasteiger partial charge >= 0.3 is 5.97 Å². The lowest BCUT2D eigenvalue weighted by Crippen LogP contribution is -2.26. The normalized spacial score (nSPS) is 10.9. The fraction of sp³-hybridized carbons (Fsp3) is 0.231. The van der Waals surface area contributed by atoms with E-state index in [9.17, 15) is 14.0 Å². The molecular formula is C13H14FNO3. The molecule has 1 amide bonds. The van der Waals surface area contributed by atoms with Crippen molar-refractivity contribution in [1.82, 2.24) is 5.32 Å². The fourth-order valence-electron chi connectivity index (χ4n) is 1.27. The number of amides is 1. The Labute approximate surface area is 104 Å². The number of carbonyl (C=O) groups is 2. The molecule has 1 aromatic rings. The van der Waals surface area contributed by atoms with Gasteiger partial charge in [-0.15, -0.1) is 0 Å². The first-order valence-electron chi connectivity index (χ1n) is 5.45. The molecule has 0 radical (unpaired) electrons. The lowest BCUT2D eigenvalue weighted by molar-refractivity contribution is -0.139. The van der Waals surface area contributed by atoms with Gasteiger partial charge in [-0.1, -0.05) is 12.1 Å². The maximum atomic E-state index is 12.7. The molecule has 0 spiro atoms. The molecule has 0 fully saturated rings. The first-order valence-corrected chi connectivity index (χ1v) is 5.45. The molecule has 0 saturated carbocycles. The third-order valence-electron chi connectivity index (χ3n) is 1.99. The third kappa shape index (κ3) is 4.37. The Bertz CT molecular complexity index is 466. The summed E-state index contributed by atoms with van der Waals surface area (Å²) in [7, 11) is 0. The molecule has 0 bridgehead atoms. The van der Waals surface area contributed by atoms with E-state index in [0.29, 0.717) is 5.56 Å². The summed E-state index contributed by atoms with van der Waals surface area (Å²) in [5.41, 5.74) is 0.615. The molecule has 0 heterocycles. The zero-order chi connectivity index (χ0) is 13.5. The molecule has 0 aromatic heterocycles. The van der Waals surface area contributed by atoms with Gasteiger partial charge in [-0.25, -0.2) is 9.18 Å². The number of hydrogen-bond donors (Lipinski definition) is 1. The van der Waals surface area contributed by atoms with Crippen LogP contribution in [0.2, 0.25) is 0 Å². The van der Waals surface area contributed by atoms with E-state index >= 15 is 0 Å². The van der Waals surface area contributed by atoms with E-state index in [4.69, 9.17) is 4.74 Å². The van der Waals surface area contributed by atoms with Gasteiger partial charge in [0.1, 0.15) is 11.5 Å². The molecule has 0 aliphatic rings. The van der Waals surface area contributed by atoms with Gasteiger partial charge in [0.25, 0.3) is 0 Å². The van der Waals surface area contributed by atoms with Crippen molar-refractivity contribution in [3.8, 4) is 0 Å². The average Bonchev–Trinajstić information content (AvgIpc) is 2.31. The highest BCUT2D eigenvalue weighted by Crippen LogP contribution is 2.08. The molecule has 0 aliphatic carbocycles. The number of nitrogens with one attached hydrogen (secondary N) is 1. The van der Waals surface area contributed by atoms with Crippen LogP contribution in [0.3, 0.4) is 0 Å². The van der Waals surface area contributed by atoms with Crippen LogP contribution in [0.4, 0.5) is 4.39 Å². The largest absolute Gasteiger partial charge is 0.461 e. The van der Waals surface area contributed by atoms with E-state index in [1.165, 1.54) is 37.3 Å². The second kappa shape index (κ2) is 6.54. The highest BCUT2D eigenvalue weighted by molar-refractivity contribution is 5.97. The van der Waals surface area contributed by atoms with E-state index in [0.717, 1.165) is 0 Å². The monoisotopic (exact) mass is 251 g/mol. The Kier molecular flexibility index (Phi) is 5.05. The summed E-state index contributed by atoms with van der Waals surface area (Å²) in [5.74, 6) is -1.38. The molecule has 5 heteroatoms. The van der Waals surface area contributed by atoms with Gasteiger partial charge in [0, 0.05) is 6.92 Å². The SMILES string of the molecule is CCOC(=O)/C(=C\c1ccc(F)cc1)NC(C)=O. The minimum atomic E-state index is -0.628. The van der Waals surface area contributed by atoms with E-state index in [-0.39, 0.29) is 24.0 Å². The van der Waals surface area contributed by atoms with Crippen molar-refractivity contribution in [3.05, 3.63) is 41.3 Å². The summed E-state index contributed by atoms with van der Waals surface area (Å²) in [5, 5.41) is 2.38. The predicted octanol–water partition coefficient (Wildman–Crippen LogP) is 1.87. The smallest absolute Gasteiger partial charge is 0.354 e. The Morgan fingerprint density at radius 3 is 2.44 bits per heavy atom. The number of hydrogen-bond acceptors (Lipinski definition) is 3. The van der Waals surface area contributed by atoms with Crippen LogP contribution >= 0.6 is 0 Å². The van der Waals surface area contributed by atoms with Gasteiger partial charge in [-0.2, -0.15) is 0 Å². The molecule has 0 atom stereocenters. The fourth-order valence-corrected chi connectivity index (χ4v) is 1.27. The van der Waals surface area contributed by atoms with Crippen LogP contribution in [0.15, 0.2) is 30.0 Å². The minimum absolute atomic E-state index is 0.0240. The Morgan fingerprint density at radius 2 is 1.94 bits per heavy atom. The minimum Gasteiger partial charge on any atom is -0.461 e. The second-order valence-corrected chi connectivity index (χ2v) is 3.51. The number of benzene rings is 1. The predicted molar refractivity (Wildman–Crippen MR) is 64.8 cm³/mol. The third-order valence-corrected chi connectivity index (χ3v) is 1.99. The van der Waals surface area contributed by atoms with Crippen molar-refractivity contribution in [2.45, 2.75) is 13.8 Å². The van der Waals surface area contributed by atoms with Gasteiger partial charge in [0.2, 0.25) is 5.91 Å². The molecule has 1 aromatic carbocycles. The van der Waals surface area contributed by atoms with E-state index in [2.05, 4.69) is 5.32 Å². The van der Waals surface area contributed by atoms with Gasteiger partial charge in [0.15, 0.2) is 0 Å². The lowest BCUT2D eigenvalue weighted by atomic mass is 10.2. The molecule has 0 saturated heterocycles. The summed E-state index contributed by atoms with van der Waals surface area (Å²) in [6.07, 6.45) is 1.43. The molecule has 0 aliphatic heterocycles. The quantitative estimate of drug-likeness (QED) is 0.656. The van der Waals surface area contributed by atoms with Crippen LogP contribution in [-0.2, 0) is 14.3 Å². The van der Waals surface area contributed by atoms with Crippen molar-refractivity contribution in [2.24, 2.45) is 0 Å². The van der Waals surface area contributed by atoms with Gasteiger partial charge in [0.05, 0.1) is 6.61 Å². The number of esters is 1. The average molecular weight is 251 g/mol. The number of carbonyl (C=O) groups excluding carboxylic acids is 2. The zero-order valence-electron chi connectivity index (χ0n) is 10.2. The summed E-state index contributed by atoms with van der Waals surface area (Å²) < 4.78 is 17.5. The summed E-state index contributed by atoms with van der Waals surface area (Å²) >= 11 is 0. The Hall–Kier alpha value is -2.17. The maximum absolute atomic E-state index is 12.7. The van der Waals surface area contributed by atoms with E-state index < -0.39 is 5.97 Å². The molecule has 4 nitrogen and oxygen atoms in total. The van der Waals surface area contributed by atoms with Crippen molar-refractivity contribution in [1.29, 1.82) is 0 Å². The second-order valence-electron chi connectivity index (χ2n) is 3.51. The number of halogens is 1. The first-order chi connectivity index (χ1) is 8.52. The van der Waals surface area contributed by atoms with E-state index in [1.54, 1.807) is 6.92 Å². The Morgan fingerprint density at radius 1 is 1.33 bits per heavy atom. The molecular weight excluding hydrogens is 237 g/mol. The molecule has 1 rings (SSSR count). The van der Waals surface area contributed by atoms with Crippen molar-refractivity contribution in [3.63, 3.8) is 0 Å². The molecule has 18 heavy (non-hydrogen) atoms. The van der Waals surface area contributed by atoms with Gasteiger partial charge in [-0.3, -0.25) is 4.79 Å². The van der Waals surface area contributed by atoms with Crippen LogP contribution in [0.5, 0.6) is 0 Å². The topological polar surface area (TPSA) is 55.4 Å². The number of ether oxygens (including phenoxy) is 1. The van der Waals surface area contributed by atoms with Gasteiger partial charge < -0.3 is 10.1 Å².